The molecule has 0 atom stereocenters. The average molecular weight is 260 g/mol. The number of benzene rings is 1. The highest BCUT2D eigenvalue weighted by molar-refractivity contribution is 5.94. The summed E-state index contributed by atoms with van der Waals surface area (Å²) >= 11 is 0. The molecule has 1 amide bonds. The molecule has 1 aromatic carbocycles. The van der Waals surface area contributed by atoms with Gasteiger partial charge in [-0.15, -0.1) is 0 Å². The Morgan fingerprint density at radius 1 is 1.37 bits per heavy atom. The molecule has 19 heavy (non-hydrogen) atoms. The molecule has 0 heterocycles. The van der Waals surface area contributed by atoms with E-state index >= 15 is 0 Å². The standard InChI is InChI=1S/C16H24N2O/c1-3-18(14-8-5-4-7-13(14)2)15(19)11-16(12-17)9-6-10-16/h4-5,7-8H,3,6,9-12,17H2,1-2H3. The van der Waals surface area contributed by atoms with Crippen molar-refractivity contribution in [1.82, 2.24) is 0 Å². The summed E-state index contributed by atoms with van der Waals surface area (Å²) in [5.41, 5.74) is 8.11. The topological polar surface area (TPSA) is 46.3 Å². The quantitative estimate of drug-likeness (QED) is 0.885. The predicted molar refractivity (Wildman–Crippen MR) is 79.2 cm³/mol. The largest absolute Gasteiger partial charge is 0.330 e. The first-order valence-electron chi connectivity index (χ1n) is 7.18. The summed E-state index contributed by atoms with van der Waals surface area (Å²) in [6.07, 6.45) is 3.99. The fourth-order valence-corrected chi connectivity index (χ4v) is 2.89. The van der Waals surface area contributed by atoms with Crippen molar-refractivity contribution < 1.29 is 4.79 Å². The Labute approximate surface area is 115 Å². The van der Waals surface area contributed by atoms with E-state index in [2.05, 4.69) is 0 Å². The molecule has 1 saturated carbocycles. The first kappa shape index (κ1) is 14.1. The van der Waals surface area contributed by atoms with Gasteiger partial charge in [0.15, 0.2) is 0 Å². The van der Waals surface area contributed by atoms with Crippen molar-refractivity contribution in [2.24, 2.45) is 11.1 Å². The summed E-state index contributed by atoms with van der Waals surface area (Å²) in [5.74, 6) is 0.210. The third-order valence-corrected chi connectivity index (χ3v) is 4.40. The Morgan fingerprint density at radius 3 is 2.53 bits per heavy atom. The van der Waals surface area contributed by atoms with Gasteiger partial charge in [0.25, 0.3) is 0 Å². The lowest BCUT2D eigenvalue weighted by atomic mass is 9.66. The molecule has 1 aromatic rings. The van der Waals surface area contributed by atoms with Crippen LogP contribution >= 0.6 is 0 Å². The van der Waals surface area contributed by atoms with Crippen LogP contribution in [0.2, 0.25) is 0 Å². The molecular weight excluding hydrogens is 236 g/mol. The highest BCUT2D eigenvalue weighted by Crippen LogP contribution is 2.43. The number of carbonyl (C=O) groups excluding carboxylic acids is 1. The number of para-hydroxylation sites is 1. The summed E-state index contributed by atoms with van der Waals surface area (Å²) in [7, 11) is 0. The molecule has 1 fully saturated rings. The minimum atomic E-state index is 0.0766. The molecule has 3 heteroatoms. The number of hydrogen-bond donors (Lipinski definition) is 1. The van der Waals surface area contributed by atoms with Gasteiger partial charge in [0, 0.05) is 18.7 Å². The van der Waals surface area contributed by atoms with Gasteiger partial charge < -0.3 is 10.6 Å². The Morgan fingerprint density at radius 2 is 2.05 bits per heavy atom. The second-order valence-corrected chi connectivity index (χ2v) is 5.66. The van der Waals surface area contributed by atoms with Gasteiger partial charge in [-0.25, -0.2) is 0 Å². The van der Waals surface area contributed by atoms with Crippen LogP contribution in [-0.4, -0.2) is 19.0 Å². The van der Waals surface area contributed by atoms with Crippen molar-refractivity contribution in [3.8, 4) is 0 Å². The average Bonchev–Trinajstić information content (AvgIpc) is 2.37. The number of rotatable bonds is 5. The summed E-state index contributed by atoms with van der Waals surface area (Å²) in [4.78, 5) is 14.5. The number of nitrogens with two attached hydrogens (primary N) is 1. The number of nitrogens with zero attached hydrogens (tertiary/aromatic N) is 1. The Balaban J connectivity index is 2.14. The van der Waals surface area contributed by atoms with E-state index < -0.39 is 0 Å². The predicted octanol–water partition coefficient (Wildman–Crippen LogP) is 2.87. The van der Waals surface area contributed by atoms with E-state index in [1.807, 2.05) is 43.0 Å². The minimum Gasteiger partial charge on any atom is -0.330 e. The molecule has 0 saturated heterocycles. The molecule has 0 bridgehead atoms. The lowest BCUT2D eigenvalue weighted by Gasteiger charge is -2.41. The SMILES string of the molecule is CCN(C(=O)CC1(CN)CCC1)c1ccccc1C. The zero-order valence-corrected chi connectivity index (χ0v) is 12.0. The van der Waals surface area contributed by atoms with Gasteiger partial charge in [-0.05, 0) is 50.3 Å². The first-order valence-corrected chi connectivity index (χ1v) is 7.18. The minimum absolute atomic E-state index is 0.0766. The summed E-state index contributed by atoms with van der Waals surface area (Å²) in [5, 5.41) is 0. The van der Waals surface area contributed by atoms with Crippen molar-refractivity contribution in [3.63, 3.8) is 0 Å². The van der Waals surface area contributed by atoms with Crippen LogP contribution in [0.4, 0.5) is 5.69 Å². The van der Waals surface area contributed by atoms with Gasteiger partial charge in [-0.2, -0.15) is 0 Å². The molecular formula is C16H24N2O. The van der Waals surface area contributed by atoms with E-state index in [9.17, 15) is 4.79 Å². The molecule has 0 aliphatic heterocycles. The monoisotopic (exact) mass is 260 g/mol. The lowest BCUT2D eigenvalue weighted by Crippen LogP contribution is -2.43. The molecule has 0 spiro atoms. The van der Waals surface area contributed by atoms with Gasteiger partial charge in [0.2, 0.25) is 5.91 Å². The maximum Gasteiger partial charge on any atom is 0.227 e. The first-order chi connectivity index (χ1) is 9.12. The summed E-state index contributed by atoms with van der Waals surface area (Å²) in [6.45, 7) is 5.42. The maximum absolute atomic E-state index is 12.6. The molecule has 2 N–H and O–H groups in total. The number of carbonyl (C=O) groups is 1. The molecule has 1 aliphatic rings. The molecule has 1 aliphatic carbocycles. The fourth-order valence-electron chi connectivity index (χ4n) is 2.89. The van der Waals surface area contributed by atoms with Gasteiger partial charge in [-0.3, -0.25) is 4.79 Å². The Hall–Kier alpha value is -1.35. The van der Waals surface area contributed by atoms with Crippen molar-refractivity contribution in [1.29, 1.82) is 0 Å². The molecule has 3 nitrogen and oxygen atoms in total. The van der Waals surface area contributed by atoms with E-state index in [0.29, 0.717) is 19.5 Å². The van der Waals surface area contributed by atoms with Crippen molar-refractivity contribution in [3.05, 3.63) is 29.8 Å². The highest BCUT2D eigenvalue weighted by atomic mass is 16.2. The maximum atomic E-state index is 12.6. The molecule has 2 rings (SSSR count). The van der Waals surface area contributed by atoms with Gasteiger partial charge >= 0.3 is 0 Å². The highest BCUT2D eigenvalue weighted by Gasteiger charge is 2.38. The van der Waals surface area contributed by atoms with Crippen molar-refractivity contribution in [2.75, 3.05) is 18.0 Å². The summed E-state index contributed by atoms with van der Waals surface area (Å²) < 4.78 is 0. The third kappa shape index (κ3) is 2.81. The van der Waals surface area contributed by atoms with Crippen LogP contribution in [0.3, 0.4) is 0 Å². The van der Waals surface area contributed by atoms with Gasteiger partial charge in [0.05, 0.1) is 0 Å². The molecule has 0 unspecified atom stereocenters. The Bertz CT molecular complexity index is 446. The van der Waals surface area contributed by atoms with Crippen LogP contribution < -0.4 is 10.6 Å². The van der Waals surface area contributed by atoms with E-state index in [0.717, 1.165) is 24.1 Å². The molecule has 0 radical (unpaired) electrons. The van der Waals surface area contributed by atoms with E-state index in [1.165, 1.54) is 6.42 Å². The zero-order chi connectivity index (χ0) is 13.9. The Kier molecular flexibility index (Phi) is 4.25. The van der Waals surface area contributed by atoms with Crippen LogP contribution in [0.25, 0.3) is 0 Å². The number of anilines is 1. The van der Waals surface area contributed by atoms with Crippen LogP contribution in [0.5, 0.6) is 0 Å². The third-order valence-electron chi connectivity index (χ3n) is 4.40. The van der Waals surface area contributed by atoms with Crippen LogP contribution in [0, 0.1) is 12.3 Å². The van der Waals surface area contributed by atoms with E-state index in [4.69, 9.17) is 5.73 Å². The second-order valence-electron chi connectivity index (χ2n) is 5.66. The number of amides is 1. The van der Waals surface area contributed by atoms with Gasteiger partial charge in [-0.1, -0.05) is 24.6 Å². The van der Waals surface area contributed by atoms with Crippen LogP contribution in [-0.2, 0) is 4.79 Å². The molecule has 104 valence electrons. The van der Waals surface area contributed by atoms with Crippen LogP contribution in [0.1, 0.15) is 38.2 Å². The van der Waals surface area contributed by atoms with E-state index in [-0.39, 0.29) is 11.3 Å². The summed E-state index contributed by atoms with van der Waals surface area (Å²) in [6, 6.07) is 8.06. The zero-order valence-electron chi connectivity index (χ0n) is 12.0. The number of hydrogen-bond acceptors (Lipinski definition) is 2. The van der Waals surface area contributed by atoms with Crippen molar-refractivity contribution >= 4 is 11.6 Å². The van der Waals surface area contributed by atoms with E-state index in [1.54, 1.807) is 0 Å². The fraction of sp³-hybridized carbons (Fsp3) is 0.562. The molecule has 0 aromatic heterocycles. The second kappa shape index (κ2) is 5.74. The van der Waals surface area contributed by atoms with Crippen molar-refractivity contribution in [2.45, 2.75) is 39.5 Å². The lowest BCUT2D eigenvalue weighted by molar-refractivity contribution is -0.122. The number of aryl methyl sites for hydroxylation is 1. The normalized spacial score (nSPS) is 16.8. The van der Waals surface area contributed by atoms with Crippen LogP contribution in [0.15, 0.2) is 24.3 Å². The van der Waals surface area contributed by atoms with Gasteiger partial charge in [0.1, 0.15) is 0 Å². The smallest absolute Gasteiger partial charge is 0.227 e.